The number of methoxy groups -OCH3 is 1. The summed E-state index contributed by atoms with van der Waals surface area (Å²) in [5, 5.41) is 7.22. The fraction of sp³-hybridized carbons (Fsp3) is 0.333. The van der Waals surface area contributed by atoms with Gasteiger partial charge in [0.1, 0.15) is 0 Å². The number of aromatic amines is 1. The highest BCUT2D eigenvalue weighted by Gasteiger charge is 2.36. The summed E-state index contributed by atoms with van der Waals surface area (Å²) < 4.78 is 45.5. The van der Waals surface area contributed by atoms with E-state index in [0.717, 1.165) is 17.7 Å². The van der Waals surface area contributed by atoms with E-state index in [2.05, 4.69) is 10.2 Å². The molecule has 0 radical (unpaired) electrons. The molecular formula is C21H24F3N5O2. The van der Waals surface area contributed by atoms with Crippen molar-refractivity contribution in [1.29, 1.82) is 0 Å². The SMILES string of the molecule is COCCc1c(N2CCC(Cc3cc(F)c(F)c(F)c3)C2=O)n[nH]c1C(/C=C\N)=C/N. The average Bonchev–Trinajstić information content (AvgIpc) is 3.32. The van der Waals surface area contributed by atoms with Gasteiger partial charge in [-0.1, -0.05) is 0 Å². The molecule has 166 valence electrons. The molecule has 2 aromatic rings. The Morgan fingerprint density at radius 2 is 2.03 bits per heavy atom. The van der Waals surface area contributed by atoms with Gasteiger partial charge >= 0.3 is 0 Å². The highest BCUT2D eigenvalue weighted by Crippen LogP contribution is 2.33. The van der Waals surface area contributed by atoms with Crippen LogP contribution < -0.4 is 16.4 Å². The van der Waals surface area contributed by atoms with Crippen molar-refractivity contribution in [3.8, 4) is 0 Å². The molecule has 1 saturated heterocycles. The van der Waals surface area contributed by atoms with Crippen LogP contribution in [-0.4, -0.2) is 36.4 Å². The number of anilines is 1. The summed E-state index contributed by atoms with van der Waals surface area (Å²) in [6.07, 6.45) is 5.36. The second-order valence-electron chi connectivity index (χ2n) is 7.18. The van der Waals surface area contributed by atoms with Gasteiger partial charge in [-0.05, 0) is 42.8 Å². The number of aromatic nitrogens is 2. The minimum absolute atomic E-state index is 0.0952. The van der Waals surface area contributed by atoms with Gasteiger partial charge < -0.3 is 16.2 Å². The van der Waals surface area contributed by atoms with E-state index in [-0.39, 0.29) is 17.9 Å². The zero-order valence-corrected chi connectivity index (χ0v) is 17.0. The van der Waals surface area contributed by atoms with Crippen LogP contribution in [0.4, 0.5) is 19.0 Å². The second kappa shape index (κ2) is 9.69. The maximum absolute atomic E-state index is 13.5. The van der Waals surface area contributed by atoms with Crippen molar-refractivity contribution in [2.45, 2.75) is 19.3 Å². The molecule has 1 fully saturated rings. The number of hydrogen-bond acceptors (Lipinski definition) is 5. The molecule has 1 aromatic carbocycles. The van der Waals surface area contributed by atoms with E-state index in [0.29, 0.717) is 43.1 Å². The number of allylic oxidation sites excluding steroid dienone is 2. The normalized spacial score (nSPS) is 17.3. The number of H-pyrrole nitrogens is 1. The molecule has 0 spiro atoms. The van der Waals surface area contributed by atoms with Gasteiger partial charge in [0.2, 0.25) is 5.91 Å². The van der Waals surface area contributed by atoms with Gasteiger partial charge in [-0.3, -0.25) is 14.8 Å². The molecule has 0 bridgehead atoms. The third-order valence-corrected chi connectivity index (χ3v) is 5.24. The molecule has 2 heterocycles. The van der Waals surface area contributed by atoms with E-state index in [1.54, 1.807) is 13.2 Å². The summed E-state index contributed by atoms with van der Waals surface area (Å²) in [5.74, 6) is -4.36. The van der Waals surface area contributed by atoms with Crippen molar-refractivity contribution in [2.75, 3.05) is 25.2 Å². The molecule has 1 aromatic heterocycles. The summed E-state index contributed by atoms with van der Waals surface area (Å²) in [5.41, 5.74) is 13.4. The highest BCUT2D eigenvalue weighted by atomic mass is 19.2. The number of nitrogens with two attached hydrogens (primary N) is 2. The Balaban J connectivity index is 1.87. The Kier molecular flexibility index (Phi) is 7.01. The molecular weight excluding hydrogens is 411 g/mol. The van der Waals surface area contributed by atoms with Crippen molar-refractivity contribution in [1.82, 2.24) is 10.2 Å². The molecule has 1 aliphatic heterocycles. The average molecular weight is 435 g/mol. The lowest BCUT2D eigenvalue weighted by Gasteiger charge is -2.17. The van der Waals surface area contributed by atoms with E-state index in [1.165, 1.54) is 17.3 Å². The number of hydrogen-bond donors (Lipinski definition) is 3. The van der Waals surface area contributed by atoms with Crippen LogP contribution >= 0.6 is 0 Å². The first-order valence-corrected chi connectivity index (χ1v) is 9.72. The Morgan fingerprint density at radius 1 is 1.32 bits per heavy atom. The predicted molar refractivity (Wildman–Crippen MR) is 110 cm³/mol. The molecule has 1 unspecified atom stereocenters. The number of halogens is 3. The first-order valence-electron chi connectivity index (χ1n) is 9.72. The smallest absolute Gasteiger partial charge is 0.231 e. The number of rotatable bonds is 8. The van der Waals surface area contributed by atoms with Crippen LogP contribution in [0.3, 0.4) is 0 Å². The first kappa shape index (κ1) is 22.4. The van der Waals surface area contributed by atoms with Crippen LogP contribution in [0.25, 0.3) is 5.57 Å². The molecule has 1 atom stereocenters. The largest absolute Gasteiger partial charge is 0.405 e. The Hall–Kier alpha value is -3.27. The highest BCUT2D eigenvalue weighted by molar-refractivity contribution is 5.97. The van der Waals surface area contributed by atoms with Gasteiger partial charge in [-0.25, -0.2) is 13.2 Å². The minimum atomic E-state index is -1.52. The third kappa shape index (κ3) is 4.58. The zero-order chi connectivity index (χ0) is 22.5. The maximum atomic E-state index is 13.5. The number of amides is 1. The standard InChI is InChI=1S/C21H24F3N5O2/c1-31-7-4-15-19(14(11-26)2-5-25)27-28-20(15)29-6-3-13(21(29)30)8-12-9-16(22)18(24)17(23)10-12/h2,5,9-11,13H,3-4,6-8,25-26H2,1H3,(H,27,28)/b5-2-,14-11+. The number of nitrogens with one attached hydrogen (secondary N) is 1. The van der Waals surface area contributed by atoms with Crippen molar-refractivity contribution in [3.63, 3.8) is 0 Å². The first-order chi connectivity index (χ1) is 14.9. The molecule has 1 amide bonds. The monoisotopic (exact) mass is 435 g/mol. The van der Waals surface area contributed by atoms with E-state index in [4.69, 9.17) is 16.2 Å². The predicted octanol–water partition coefficient (Wildman–Crippen LogP) is 2.38. The van der Waals surface area contributed by atoms with Gasteiger partial charge in [0.25, 0.3) is 0 Å². The molecule has 0 aliphatic carbocycles. The zero-order valence-electron chi connectivity index (χ0n) is 17.0. The number of nitrogens with zero attached hydrogens (tertiary/aromatic N) is 2. The van der Waals surface area contributed by atoms with E-state index in [9.17, 15) is 18.0 Å². The molecule has 31 heavy (non-hydrogen) atoms. The molecule has 1 aliphatic rings. The fourth-order valence-electron chi connectivity index (χ4n) is 3.73. The fourth-order valence-corrected chi connectivity index (χ4v) is 3.73. The van der Waals surface area contributed by atoms with Crippen LogP contribution in [0, 0.1) is 23.4 Å². The van der Waals surface area contributed by atoms with Gasteiger partial charge in [-0.15, -0.1) is 0 Å². The van der Waals surface area contributed by atoms with Crippen LogP contribution in [0.2, 0.25) is 0 Å². The molecule has 3 rings (SSSR count). The lowest BCUT2D eigenvalue weighted by molar-refractivity contribution is -0.120. The number of benzene rings is 1. The van der Waals surface area contributed by atoms with Crippen LogP contribution in [-0.2, 0) is 22.4 Å². The lowest BCUT2D eigenvalue weighted by atomic mass is 9.98. The molecule has 10 heteroatoms. The van der Waals surface area contributed by atoms with Gasteiger partial charge in [0, 0.05) is 43.3 Å². The van der Waals surface area contributed by atoms with E-state index < -0.39 is 23.4 Å². The molecule has 7 nitrogen and oxygen atoms in total. The number of carbonyl (C=O) groups is 1. The molecule has 0 saturated carbocycles. The van der Waals surface area contributed by atoms with Crippen LogP contribution in [0.5, 0.6) is 0 Å². The van der Waals surface area contributed by atoms with Crippen LogP contribution in [0.15, 0.2) is 30.6 Å². The third-order valence-electron chi connectivity index (χ3n) is 5.24. The maximum Gasteiger partial charge on any atom is 0.231 e. The summed E-state index contributed by atoms with van der Waals surface area (Å²) >= 11 is 0. The Bertz CT molecular complexity index is 995. The lowest BCUT2D eigenvalue weighted by Crippen LogP contribution is -2.29. The van der Waals surface area contributed by atoms with Crippen LogP contribution in [0.1, 0.15) is 23.2 Å². The van der Waals surface area contributed by atoms with Gasteiger partial charge in [0.05, 0.1) is 12.3 Å². The summed E-state index contributed by atoms with van der Waals surface area (Å²) in [7, 11) is 1.57. The van der Waals surface area contributed by atoms with E-state index >= 15 is 0 Å². The van der Waals surface area contributed by atoms with Crippen molar-refractivity contribution in [2.24, 2.45) is 17.4 Å². The number of ether oxygens (including phenoxy) is 1. The Morgan fingerprint density at radius 3 is 2.65 bits per heavy atom. The topological polar surface area (TPSA) is 110 Å². The molecule has 5 N–H and O–H groups in total. The minimum Gasteiger partial charge on any atom is -0.405 e. The van der Waals surface area contributed by atoms with Crippen molar-refractivity contribution < 1.29 is 22.7 Å². The van der Waals surface area contributed by atoms with E-state index in [1.807, 2.05) is 0 Å². The summed E-state index contributed by atoms with van der Waals surface area (Å²) in [6, 6.07) is 1.84. The van der Waals surface area contributed by atoms with Crippen molar-refractivity contribution in [3.05, 3.63) is 64.9 Å². The Labute approximate surface area is 177 Å². The number of carbonyl (C=O) groups excluding carboxylic acids is 1. The summed E-state index contributed by atoms with van der Waals surface area (Å²) in [4.78, 5) is 14.6. The summed E-state index contributed by atoms with van der Waals surface area (Å²) in [6.45, 7) is 0.775. The van der Waals surface area contributed by atoms with Gasteiger partial charge in [-0.2, -0.15) is 5.10 Å². The second-order valence-corrected chi connectivity index (χ2v) is 7.18. The quantitative estimate of drug-likeness (QED) is 0.436. The van der Waals surface area contributed by atoms with Gasteiger partial charge in [0.15, 0.2) is 23.3 Å². The van der Waals surface area contributed by atoms with Crippen molar-refractivity contribution >= 4 is 17.3 Å².